The first-order valence-electron chi connectivity index (χ1n) is 5.40. The maximum atomic E-state index is 11.7. The van der Waals surface area contributed by atoms with Crippen LogP contribution >= 0.6 is 0 Å². The Morgan fingerprint density at radius 2 is 2.06 bits per heavy atom. The van der Waals surface area contributed by atoms with Crippen molar-refractivity contribution >= 4 is 0 Å². The summed E-state index contributed by atoms with van der Waals surface area (Å²) in [5.74, 6) is 0. The summed E-state index contributed by atoms with van der Waals surface area (Å²) in [6.45, 7) is 1.03. The van der Waals surface area contributed by atoms with Crippen molar-refractivity contribution in [2.24, 2.45) is 0 Å². The van der Waals surface area contributed by atoms with Gasteiger partial charge in [0.1, 0.15) is 18.3 Å². The molecule has 1 aromatic heterocycles. The van der Waals surface area contributed by atoms with Crippen LogP contribution in [-0.4, -0.2) is 49.8 Å². The monoisotopic (exact) mass is 258 g/mol. The van der Waals surface area contributed by atoms with Crippen molar-refractivity contribution in [1.29, 1.82) is 0 Å². The second-order valence-corrected chi connectivity index (χ2v) is 4.18. The molecule has 1 aliphatic heterocycles. The van der Waals surface area contributed by atoms with Gasteiger partial charge in [-0.1, -0.05) is 0 Å². The summed E-state index contributed by atoms with van der Waals surface area (Å²) in [5.41, 5.74) is -1.01. The molecule has 2 heterocycles. The molecule has 8 nitrogen and oxygen atoms in total. The van der Waals surface area contributed by atoms with Gasteiger partial charge in [-0.2, -0.15) is 0 Å². The van der Waals surface area contributed by atoms with Gasteiger partial charge < -0.3 is 20.1 Å². The summed E-state index contributed by atoms with van der Waals surface area (Å²) in [7, 11) is 0. The van der Waals surface area contributed by atoms with Gasteiger partial charge in [0.05, 0.1) is 6.61 Å². The van der Waals surface area contributed by atoms with E-state index in [-0.39, 0.29) is 0 Å². The minimum atomic E-state index is -1.36. The van der Waals surface area contributed by atoms with Crippen LogP contribution in [0.4, 0.5) is 0 Å². The lowest BCUT2D eigenvalue weighted by molar-refractivity contribution is -0.0559. The van der Waals surface area contributed by atoms with Crippen LogP contribution in [0.15, 0.2) is 15.7 Å². The zero-order chi connectivity index (χ0) is 13.4. The first kappa shape index (κ1) is 13.0. The van der Waals surface area contributed by atoms with Gasteiger partial charge in [0.15, 0.2) is 6.23 Å². The minimum Gasteiger partial charge on any atom is -0.394 e. The third kappa shape index (κ3) is 1.99. The fraction of sp³-hybridized carbons (Fsp3) is 0.600. The summed E-state index contributed by atoms with van der Waals surface area (Å²) < 4.78 is 6.25. The molecule has 0 amide bonds. The predicted molar refractivity (Wildman–Crippen MR) is 59.1 cm³/mol. The number of aromatic amines is 1. The number of hydrogen-bond donors (Lipinski definition) is 4. The van der Waals surface area contributed by atoms with E-state index in [9.17, 15) is 19.8 Å². The van der Waals surface area contributed by atoms with E-state index in [0.29, 0.717) is 5.69 Å². The molecule has 1 aromatic rings. The molecule has 1 fully saturated rings. The molecule has 1 unspecified atom stereocenters. The fourth-order valence-electron chi connectivity index (χ4n) is 2.03. The van der Waals surface area contributed by atoms with Gasteiger partial charge in [0, 0.05) is 11.8 Å². The smallest absolute Gasteiger partial charge is 0.330 e. The molecule has 8 heteroatoms. The van der Waals surface area contributed by atoms with Crippen molar-refractivity contribution < 1.29 is 20.1 Å². The lowest BCUT2D eigenvalue weighted by atomic mass is 10.1. The summed E-state index contributed by atoms with van der Waals surface area (Å²) in [4.78, 5) is 24.8. The standard InChI is InChI=1S/C10H14N2O6/c1-4-2-6(14)11-10(17)12(4)9-8(16)7(15)5(3-13)18-9/h2,5,7-9,13,15-16H,3H2,1H3,(H,11,14,17)/t5-,7+,8?,9-/m1/s1. The van der Waals surface area contributed by atoms with Crippen molar-refractivity contribution in [3.05, 3.63) is 32.6 Å². The van der Waals surface area contributed by atoms with Crippen LogP contribution in [0.2, 0.25) is 0 Å². The van der Waals surface area contributed by atoms with Crippen LogP contribution in [-0.2, 0) is 4.74 Å². The number of nitrogens with zero attached hydrogens (tertiary/aromatic N) is 1. The highest BCUT2D eigenvalue weighted by atomic mass is 16.6. The molecule has 0 aromatic carbocycles. The molecule has 1 saturated heterocycles. The quantitative estimate of drug-likeness (QED) is 0.463. The van der Waals surface area contributed by atoms with Crippen LogP contribution in [0.5, 0.6) is 0 Å². The van der Waals surface area contributed by atoms with Crippen LogP contribution in [0.1, 0.15) is 11.9 Å². The Hall–Kier alpha value is -1.48. The number of aromatic nitrogens is 2. The van der Waals surface area contributed by atoms with E-state index >= 15 is 0 Å². The molecule has 0 spiro atoms. The zero-order valence-electron chi connectivity index (χ0n) is 9.61. The average Bonchev–Trinajstić information content (AvgIpc) is 2.56. The summed E-state index contributed by atoms with van der Waals surface area (Å²) in [5, 5.41) is 28.4. The normalized spacial score (nSPS) is 31.8. The molecule has 0 aliphatic carbocycles. The molecule has 0 saturated carbocycles. The van der Waals surface area contributed by atoms with Crippen LogP contribution in [0.25, 0.3) is 0 Å². The Bertz CT molecular complexity index is 550. The largest absolute Gasteiger partial charge is 0.394 e. The van der Waals surface area contributed by atoms with Crippen molar-refractivity contribution in [2.45, 2.75) is 31.5 Å². The minimum absolute atomic E-state index is 0.290. The van der Waals surface area contributed by atoms with E-state index in [2.05, 4.69) is 0 Å². The molecule has 18 heavy (non-hydrogen) atoms. The Labute approximate surface area is 101 Å². The SMILES string of the molecule is Cc1cc(=O)[nH]c(=O)n1[C@@H]1O[C@H](CO)[C@H](O)C1O. The number of aliphatic hydroxyl groups is 3. The second kappa shape index (κ2) is 4.65. The second-order valence-electron chi connectivity index (χ2n) is 4.18. The van der Waals surface area contributed by atoms with Gasteiger partial charge in [0.25, 0.3) is 5.56 Å². The highest BCUT2D eigenvalue weighted by Crippen LogP contribution is 2.28. The lowest BCUT2D eigenvalue weighted by Crippen LogP contribution is -2.39. The molecular formula is C10H14N2O6. The van der Waals surface area contributed by atoms with Crippen molar-refractivity contribution in [2.75, 3.05) is 6.61 Å². The molecule has 100 valence electrons. The number of nitrogens with one attached hydrogen (secondary N) is 1. The average molecular weight is 258 g/mol. The van der Waals surface area contributed by atoms with Gasteiger partial charge in [-0.25, -0.2) is 4.79 Å². The molecular weight excluding hydrogens is 244 g/mol. The zero-order valence-corrected chi connectivity index (χ0v) is 9.61. The molecule has 1 aliphatic rings. The van der Waals surface area contributed by atoms with E-state index < -0.39 is 42.4 Å². The Morgan fingerprint density at radius 1 is 1.39 bits per heavy atom. The van der Waals surface area contributed by atoms with Crippen molar-refractivity contribution in [3.8, 4) is 0 Å². The third-order valence-electron chi connectivity index (χ3n) is 2.94. The van der Waals surface area contributed by atoms with Crippen molar-refractivity contribution in [3.63, 3.8) is 0 Å². The van der Waals surface area contributed by atoms with Gasteiger partial charge in [-0.3, -0.25) is 14.3 Å². The summed E-state index contributed by atoms with van der Waals surface area (Å²) in [6.07, 6.45) is -4.76. The lowest BCUT2D eigenvalue weighted by Gasteiger charge is -2.19. The number of aliphatic hydroxyl groups excluding tert-OH is 3. The Morgan fingerprint density at radius 3 is 2.56 bits per heavy atom. The van der Waals surface area contributed by atoms with Crippen LogP contribution in [0.3, 0.4) is 0 Å². The Balaban J connectivity index is 2.45. The highest BCUT2D eigenvalue weighted by Gasteiger charge is 2.44. The van der Waals surface area contributed by atoms with Gasteiger partial charge in [-0.15, -0.1) is 0 Å². The first-order valence-corrected chi connectivity index (χ1v) is 5.40. The van der Waals surface area contributed by atoms with Crippen LogP contribution in [0, 0.1) is 6.92 Å². The Kier molecular flexibility index (Phi) is 3.35. The topological polar surface area (TPSA) is 125 Å². The summed E-state index contributed by atoms with van der Waals surface area (Å²) >= 11 is 0. The number of hydrogen-bond acceptors (Lipinski definition) is 6. The molecule has 2 rings (SSSR count). The van der Waals surface area contributed by atoms with E-state index in [1.165, 1.54) is 13.0 Å². The first-order chi connectivity index (χ1) is 8.45. The van der Waals surface area contributed by atoms with E-state index in [1.54, 1.807) is 0 Å². The van der Waals surface area contributed by atoms with Gasteiger partial charge in [-0.05, 0) is 6.92 Å². The summed E-state index contributed by atoms with van der Waals surface area (Å²) in [6, 6.07) is 1.18. The number of aryl methyl sites for hydroxylation is 1. The van der Waals surface area contributed by atoms with E-state index in [4.69, 9.17) is 9.84 Å². The van der Waals surface area contributed by atoms with Crippen molar-refractivity contribution in [1.82, 2.24) is 9.55 Å². The fourth-order valence-corrected chi connectivity index (χ4v) is 2.03. The number of H-pyrrole nitrogens is 1. The van der Waals surface area contributed by atoms with Gasteiger partial charge in [0.2, 0.25) is 0 Å². The number of rotatable bonds is 2. The molecule has 4 atom stereocenters. The third-order valence-corrected chi connectivity index (χ3v) is 2.94. The highest BCUT2D eigenvalue weighted by molar-refractivity contribution is 5.02. The molecule has 4 N–H and O–H groups in total. The maximum absolute atomic E-state index is 11.7. The number of ether oxygens (including phenoxy) is 1. The molecule has 0 radical (unpaired) electrons. The predicted octanol–water partition coefficient (Wildman–Crippen LogP) is -2.54. The van der Waals surface area contributed by atoms with Gasteiger partial charge >= 0.3 is 5.69 Å². The van der Waals surface area contributed by atoms with E-state index in [1.807, 2.05) is 4.98 Å². The van der Waals surface area contributed by atoms with E-state index in [0.717, 1.165) is 4.57 Å². The maximum Gasteiger partial charge on any atom is 0.330 e. The van der Waals surface area contributed by atoms with Crippen LogP contribution < -0.4 is 11.2 Å². The molecule has 0 bridgehead atoms.